The van der Waals surface area contributed by atoms with Crippen LogP contribution in [0.25, 0.3) is 0 Å². The molecule has 0 radical (unpaired) electrons. The van der Waals surface area contributed by atoms with E-state index in [1.807, 2.05) is 0 Å². The van der Waals surface area contributed by atoms with E-state index in [-0.39, 0.29) is 0 Å². The van der Waals surface area contributed by atoms with E-state index in [9.17, 15) is 0 Å². The highest BCUT2D eigenvalue weighted by Crippen LogP contribution is 2.16. The first kappa shape index (κ1) is 15.3. The smallest absolute Gasteiger partial charge is 0.112 e. The van der Waals surface area contributed by atoms with Gasteiger partial charge in [-0.25, -0.2) is 0 Å². The fourth-order valence-electron chi connectivity index (χ4n) is 3.18. The van der Waals surface area contributed by atoms with Gasteiger partial charge in [0, 0.05) is 31.9 Å². The molecule has 22 heavy (non-hydrogen) atoms. The largest absolute Gasteiger partial charge is 0.369 e. The molecule has 1 aliphatic rings. The highest BCUT2D eigenvalue weighted by Gasteiger charge is 2.25. The van der Waals surface area contributed by atoms with Gasteiger partial charge in [0.05, 0.1) is 0 Å². The molecule has 0 spiro atoms. The third kappa shape index (κ3) is 3.11. The summed E-state index contributed by atoms with van der Waals surface area (Å²) in [5.41, 5.74) is 1.37. The Bertz CT molecular complexity index is 599. The molecule has 2 nitrogen and oxygen atoms in total. The molecule has 3 heteroatoms. The van der Waals surface area contributed by atoms with Crippen molar-refractivity contribution in [3.05, 3.63) is 54.6 Å². The maximum Gasteiger partial charge on any atom is 0.112 e. The molecule has 0 atom stereocenters. The van der Waals surface area contributed by atoms with Gasteiger partial charge in [-0.15, -0.1) is 0 Å². The molecule has 0 bridgehead atoms. The zero-order chi connectivity index (χ0) is 15.6. The van der Waals surface area contributed by atoms with Crippen molar-refractivity contribution in [3.8, 4) is 0 Å². The van der Waals surface area contributed by atoms with Crippen LogP contribution < -0.4 is 15.3 Å². The number of rotatable bonds is 3. The van der Waals surface area contributed by atoms with Crippen LogP contribution >= 0.6 is 0 Å². The Morgan fingerprint density at radius 2 is 1.27 bits per heavy atom. The Labute approximate surface area is 135 Å². The fraction of sp³-hybridized carbons (Fsp3) is 0.368. The van der Waals surface area contributed by atoms with E-state index < -0.39 is 8.07 Å². The van der Waals surface area contributed by atoms with Crippen molar-refractivity contribution in [2.45, 2.75) is 13.1 Å². The lowest BCUT2D eigenvalue weighted by Gasteiger charge is -2.34. The van der Waals surface area contributed by atoms with Gasteiger partial charge in [-0.2, -0.15) is 0 Å². The second-order valence-corrected chi connectivity index (χ2v) is 11.2. The minimum atomic E-state index is -1.57. The summed E-state index contributed by atoms with van der Waals surface area (Å²) >= 11 is 0. The Balaban J connectivity index is 1.79. The van der Waals surface area contributed by atoms with Crippen molar-refractivity contribution in [2.24, 2.45) is 0 Å². The predicted molar refractivity (Wildman–Crippen MR) is 99.3 cm³/mol. The molecule has 0 aromatic heterocycles. The molecule has 0 amide bonds. The fourth-order valence-corrected chi connectivity index (χ4v) is 5.53. The molecule has 116 valence electrons. The molecule has 0 aliphatic carbocycles. The summed E-state index contributed by atoms with van der Waals surface area (Å²) in [6.45, 7) is 9.46. The van der Waals surface area contributed by atoms with E-state index in [1.165, 1.54) is 16.1 Å². The Kier molecular flexibility index (Phi) is 4.36. The van der Waals surface area contributed by atoms with Gasteiger partial charge in [-0.3, -0.25) is 0 Å². The highest BCUT2D eigenvalue weighted by molar-refractivity contribution is 7.00. The first-order valence-electron chi connectivity index (χ1n) is 8.17. The van der Waals surface area contributed by atoms with Crippen molar-refractivity contribution in [1.82, 2.24) is 4.90 Å². The average molecular weight is 311 g/mol. The monoisotopic (exact) mass is 310 g/mol. The number of nitrogens with zero attached hydrogens (tertiary/aromatic N) is 2. The second-order valence-electron chi connectivity index (χ2n) is 6.83. The zero-order valence-corrected chi connectivity index (χ0v) is 14.9. The van der Waals surface area contributed by atoms with Gasteiger partial charge in [0.1, 0.15) is 8.07 Å². The lowest BCUT2D eigenvalue weighted by molar-refractivity contribution is 0.313. The number of piperazine rings is 1. The number of benzene rings is 2. The first-order chi connectivity index (χ1) is 10.6. The van der Waals surface area contributed by atoms with Gasteiger partial charge in [-0.1, -0.05) is 65.9 Å². The topological polar surface area (TPSA) is 6.48 Å². The standard InChI is InChI=1S/C19H26N2Si/c1-20-13-15-21(16-14-20)17-9-11-19(12-10-17)22(2,3)18-7-5-4-6-8-18/h4-12H,13-16H2,1-3H3. The lowest BCUT2D eigenvalue weighted by atomic mass is 10.2. The summed E-state index contributed by atoms with van der Waals surface area (Å²) < 4.78 is 0. The Morgan fingerprint density at radius 3 is 1.86 bits per heavy atom. The molecule has 3 rings (SSSR count). The van der Waals surface area contributed by atoms with Crippen molar-refractivity contribution in [2.75, 3.05) is 38.1 Å². The third-order valence-electron chi connectivity index (χ3n) is 4.95. The maximum atomic E-state index is 2.50. The number of hydrogen-bond acceptors (Lipinski definition) is 2. The average Bonchev–Trinajstić information content (AvgIpc) is 2.56. The number of likely N-dealkylation sites (N-methyl/N-ethyl adjacent to an activating group) is 1. The van der Waals surface area contributed by atoms with E-state index in [1.54, 1.807) is 0 Å². The minimum Gasteiger partial charge on any atom is -0.369 e. The van der Waals surface area contributed by atoms with Crippen LogP contribution in [0.15, 0.2) is 54.6 Å². The van der Waals surface area contributed by atoms with E-state index in [0.29, 0.717) is 0 Å². The van der Waals surface area contributed by atoms with Gasteiger partial charge in [-0.05, 0) is 19.2 Å². The van der Waals surface area contributed by atoms with Gasteiger partial charge in [0.2, 0.25) is 0 Å². The molecule has 1 fully saturated rings. The molecule has 1 heterocycles. The summed E-state index contributed by atoms with van der Waals surface area (Å²) in [4.78, 5) is 4.90. The van der Waals surface area contributed by atoms with Crippen LogP contribution in [0.5, 0.6) is 0 Å². The SMILES string of the molecule is CN1CCN(c2ccc([Si](C)(C)c3ccccc3)cc2)CC1. The molecule has 1 saturated heterocycles. The van der Waals surface area contributed by atoms with Crippen LogP contribution in [-0.4, -0.2) is 46.2 Å². The van der Waals surface area contributed by atoms with Crippen LogP contribution in [0, 0.1) is 0 Å². The molecule has 1 aliphatic heterocycles. The molecule has 2 aromatic carbocycles. The van der Waals surface area contributed by atoms with E-state index in [0.717, 1.165) is 26.2 Å². The van der Waals surface area contributed by atoms with Crippen molar-refractivity contribution in [1.29, 1.82) is 0 Å². The summed E-state index contributed by atoms with van der Waals surface area (Å²) in [7, 11) is 0.637. The summed E-state index contributed by atoms with van der Waals surface area (Å²) in [6.07, 6.45) is 0. The van der Waals surface area contributed by atoms with E-state index in [2.05, 4.69) is 84.5 Å². The van der Waals surface area contributed by atoms with Crippen LogP contribution in [0.3, 0.4) is 0 Å². The van der Waals surface area contributed by atoms with Gasteiger partial charge in [0.15, 0.2) is 0 Å². The maximum absolute atomic E-state index is 2.50. The summed E-state index contributed by atoms with van der Waals surface area (Å²) in [6, 6.07) is 20.3. The van der Waals surface area contributed by atoms with Crippen LogP contribution in [0.1, 0.15) is 0 Å². The molecule has 0 saturated carbocycles. The van der Waals surface area contributed by atoms with Gasteiger partial charge < -0.3 is 9.80 Å². The quantitative estimate of drug-likeness (QED) is 0.803. The highest BCUT2D eigenvalue weighted by atomic mass is 28.3. The van der Waals surface area contributed by atoms with Gasteiger partial charge >= 0.3 is 0 Å². The molecule has 0 N–H and O–H groups in total. The molecular weight excluding hydrogens is 284 g/mol. The third-order valence-corrected chi connectivity index (χ3v) is 8.51. The van der Waals surface area contributed by atoms with Crippen molar-refractivity contribution >= 4 is 24.1 Å². The van der Waals surface area contributed by atoms with Crippen LogP contribution in [-0.2, 0) is 0 Å². The Morgan fingerprint density at radius 1 is 0.727 bits per heavy atom. The summed E-state index contributed by atoms with van der Waals surface area (Å²) in [5.74, 6) is 0. The molecular formula is C19H26N2Si. The number of anilines is 1. The van der Waals surface area contributed by atoms with E-state index in [4.69, 9.17) is 0 Å². The van der Waals surface area contributed by atoms with Crippen molar-refractivity contribution < 1.29 is 0 Å². The molecule has 2 aromatic rings. The van der Waals surface area contributed by atoms with Crippen LogP contribution in [0.2, 0.25) is 13.1 Å². The number of hydrogen-bond donors (Lipinski definition) is 0. The van der Waals surface area contributed by atoms with Crippen molar-refractivity contribution in [3.63, 3.8) is 0 Å². The summed E-state index contributed by atoms with van der Waals surface area (Å²) in [5, 5.41) is 3.01. The second kappa shape index (κ2) is 6.27. The lowest BCUT2D eigenvalue weighted by Crippen LogP contribution is -2.52. The van der Waals surface area contributed by atoms with Crippen LogP contribution in [0.4, 0.5) is 5.69 Å². The minimum absolute atomic E-state index is 1.13. The van der Waals surface area contributed by atoms with E-state index >= 15 is 0 Å². The van der Waals surface area contributed by atoms with Gasteiger partial charge in [0.25, 0.3) is 0 Å². The normalized spacial score (nSPS) is 16.8. The Hall–Kier alpha value is -1.58. The first-order valence-corrected chi connectivity index (χ1v) is 11.2. The zero-order valence-electron chi connectivity index (χ0n) is 13.9. The predicted octanol–water partition coefficient (Wildman–Crippen LogP) is 2.26. The molecule has 0 unspecified atom stereocenters.